The van der Waals surface area contributed by atoms with Gasteiger partial charge in [0.1, 0.15) is 11.3 Å². The van der Waals surface area contributed by atoms with E-state index in [4.69, 9.17) is 20.8 Å². The molecule has 0 aliphatic carbocycles. The zero-order valence-electron chi connectivity index (χ0n) is 18.3. The smallest absolute Gasteiger partial charge is 0.248 e. The van der Waals surface area contributed by atoms with Crippen molar-refractivity contribution in [1.82, 2.24) is 4.98 Å². The minimum Gasteiger partial charge on any atom is -0.496 e. The lowest BCUT2D eigenvalue weighted by molar-refractivity contribution is -0.111. The zero-order valence-corrected chi connectivity index (χ0v) is 19.1. The Balaban J connectivity index is 1.75. The molecule has 0 saturated heterocycles. The first-order valence-electron chi connectivity index (χ1n) is 10.1. The molecule has 2 heterocycles. The lowest BCUT2D eigenvalue weighted by Crippen LogP contribution is -2.09. The van der Waals surface area contributed by atoms with Crippen molar-refractivity contribution in [2.75, 3.05) is 12.4 Å². The van der Waals surface area contributed by atoms with Gasteiger partial charge in [-0.15, -0.1) is 0 Å². The van der Waals surface area contributed by atoms with E-state index < -0.39 is 0 Å². The summed E-state index contributed by atoms with van der Waals surface area (Å²) >= 11 is 6.04. The molecule has 162 valence electrons. The van der Waals surface area contributed by atoms with E-state index in [-0.39, 0.29) is 11.1 Å². The summed E-state index contributed by atoms with van der Waals surface area (Å²) in [6.07, 6.45) is 4.85. The number of pyridine rings is 1. The number of carbonyl (C=O) groups is 1. The quantitative estimate of drug-likeness (QED) is 0.270. The summed E-state index contributed by atoms with van der Waals surface area (Å²) in [6.45, 7) is 6.03. The van der Waals surface area contributed by atoms with Crippen LogP contribution in [0.1, 0.15) is 23.6 Å². The maximum absolute atomic E-state index is 12.6. The monoisotopic (exact) mass is 446 g/mol. The Morgan fingerprint density at radius 2 is 1.97 bits per heavy atom. The third-order valence-corrected chi connectivity index (χ3v) is 5.66. The molecular formula is C26H23ClN2O3. The number of allylic oxidation sites excluding steroid dienone is 1. The average molecular weight is 447 g/mol. The number of anilines is 1. The first-order valence-corrected chi connectivity index (χ1v) is 10.5. The number of furan rings is 1. The van der Waals surface area contributed by atoms with Crippen molar-refractivity contribution in [3.05, 3.63) is 82.8 Å². The highest BCUT2D eigenvalue weighted by molar-refractivity contribution is 6.32. The summed E-state index contributed by atoms with van der Waals surface area (Å²) in [5.74, 6) is 0.321. The Morgan fingerprint density at radius 3 is 2.69 bits per heavy atom. The minimum atomic E-state index is -0.304. The number of rotatable bonds is 5. The van der Waals surface area contributed by atoms with Gasteiger partial charge in [0.25, 0.3) is 0 Å². The Hall–Kier alpha value is -3.57. The van der Waals surface area contributed by atoms with Gasteiger partial charge in [-0.05, 0) is 55.7 Å². The van der Waals surface area contributed by atoms with Gasteiger partial charge in [0.15, 0.2) is 5.15 Å². The van der Waals surface area contributed by atoms with E-state index in [0.717, 1.165) is 33.2 Å². The van der Waals surface area contributed by atoms with Crippen molar-refractivity contribution < 1.29 is 13.9 Å². The topological polar surface area (TPSA) is 64.4 Å². The van der Waals surface area contributed by atoms with Crippen molar-refractivity contribution in [2.24, 2.45) is 0 Å². The molecule has 4 aromatic rings. The molecular weight excluding hydrogens is 424 g/mol. The molecule has 2 aromatic heterocycles. The van der Waals surface area contributed by atoms with Crippen LogP contribution in [0.3, 0.4) is 0 Å². The van der Waals surface area contributed by atoms with Crippen LogP contribution in [0.5, 0.6) is 5.75 Å². The van der Waals surface area contributed by atoms with Crippen LogP contribution >= 0.6 is 11.6 Å². The summed E-state index contributed by atoms with van der Waals surface area (Å²) in [5.41, 5.74) is 7.22. The van der Waals surface area contributed by atoms with Gasteiger partial charge in [0.2, 0.25) is 5.91 Å². The van der Waals surface area contributed by atoms with Crippen molar-refractivity contribution >= 4 is 39.7 Å². The number of carbonyl (C=O) groups excluding carboxylic acids is 1. The standard InChI is InChI=1S/C26H23ClN2O3/c1-15-7-8-18(16(2)10-15)21-14-32-24-13-23(31-4)19(12-20(21)24)17(3)11-25(30)29-22-6-5-9-28-26(22)27/h5-14H,1-4H3,(H,29,30)/b17-11+. The highest BCUT2D eigenvalue weighted by Crippen LogP contribution is 2.38. The summed E-state index contributed by atoms with van der Waals surface area (Å²) in [6, 6.07) is 13.6. The molecule has 5 nitrogen and oxygen atoms in total. The number of nitrogens with zero attached hydrogens (tertiary/aromatic N) is 1. The fourth-order valence-corrected chi connectivity index (χ4v) is 3.95. The third-order valence-electron chi connectivity index (χ3n) is 5.36. The van der Waals surface area contributed by atoms with Crippen LogP contribution in [0, 0.1) is 13.8 Å². The zero-order chi connectivity index (χ0) is 22.8. The Labute approximate surface area is 191 Å². The minimum absolute atomic E-state index is 0.238. The number of methoxy groups -OCH3 is 1. The highest BCUT2D eigenvalue weighted by Gasteiger charge is 2.16. The number of hydrogen-bond donors (Lipinski definition) is 1. The molecule has 0 saturated carbocycles. The Bertz CT molecular complexity index is 1350. The molecule has 6 heteroatoms. The Kier molecular flexibility index (Phi) is 6.01. The fourth-order valence-electron chi connectivity index (χ4n) is 3.78. The van der Waals surface area contributed by atoms with Crippen LogP contribution in [0.2, 0.25) is 5.15 Å². The van der Waals surface area contributed by atoms with Crippen LogP contribution in [0.15, 0.2) is 65.4 Å². The molecule has 0 atom stereocenters. The number of aryl methyl sites for hydroxylation is 2. The van der Waals surface area contributed by atoms with E-state index in [1.165, 1.54) is 17.2 Å². The second kappa shape index (κ2) is 8.89. The van der Waals surface area contributed by atoms with Crippen LogP contribution in [-0.4, -0.2) is 18.0 Å². The van der Waals surface area contributed by atoms with E-state index >= 15 is 0 Å². The molecule has 2 aromatic carbocycles. The van der Waals surface area contributed by atoms with Gasteiger partial charge >= 0.3 is 0 Å². The molecule has 0 unspecified atom stereocenters. The van der Waals surface area contributed by atoms with Gasteiger partial charge in [0, 0.05) is 34.9 Å². The average Bonchev–Trinajstić information content (AvgIpc) is 3.17. The van der Waals surface area contributed by atoms with Gasteiger partial charge in [-0.3, -0.25) is 4.79 Å². The second-order valence-corrected chi connectivity index (χ2v) is 8.03. The lowest BCUT2D eigenvalue weighted by atomic mass is 9.96. The Morgan fingerprint density at radius 1 is 1.16 bits per heavy atom. The SMILES string of the molecule is COc1cc2occ(-c3ccc(C)cc3C)c2cc1/C(C)=C/C(=O)Nc1cccnc1Cl. The van der Waals surface area contributed by atoms with Crippen LogP contribution in [0.25, 0.3) is 27.7 Å². The van der Waals surface area contributed by atoms with Crippen LogP contribution < -0.4 is 10.1 Å². The molecule has 0 spiro atoms. The van der Waals surface area contributed by atoms with Gasteiger partial charge in [-0.1, -0.05) is 35.4 Å². The van der Waals surface area contributed by atoms with E-state index in [2.05, 4.69) is 42.3 Å². The van der Waals surface area contributed by atoms with Crippen LogP contribution in [0.4, 0.5) is 5.69 Å². The van der Waals surface area contributed by atoms with E-state index in [1.54, 1.807) is 31.7 Å². The number of fused-ring (bicyclic) bond motifs is 1. The number of nitrogens with one attached hydrogen (secondary N) is 1. The van der Waals surface area contributed by atoms with Crippen molar-refractivity contribution in [3.63, 3.8) is 0 Å². The fraction of sp³-hybridized carbons (Fsp3) is 0.154. The van der Waals surface area contributed by atoms with Gasteiger partial charge in [-0.25, -0.2) is 4.98 Å². The molecule has 1 N–H and O–H groups in total. The summed E-state index contributed by atoms with van der Waals surface area (Å²) in [5, 5.41) is 3.95. The van der Waals surface area contributed by atoms with E-state index in [0.29, 0.717) is 11.4 Å². The lowest BCUT2D eigenvalue weighted by Gasteiger charge is -2.11. The normalized spacial score (nSPS) is 11.6. The largest absolute Gasteiger partial charge is 0.496 e. The molecule has 0 radical (unpaired) electrons. The number of ether oxygens (including phenoxy) is 1. The molecule has 0 aliphatic heterocycles. The number of aromatic nitrogens is 1. The maximum Gasteiger partial charge on any atom is 0.248 e. The number of amides is 1. The molecule has 1 amide bonds. The summed E-state index contributed by atoms with van der Waals surface area (Å²) < 4.78 is 11.4. The van der Waals surface area contributed by atoms with E-state index in [9.17, 15) is 4.79 Å². The molecule has 4 rings (SSSR count). The van der Waals surface area contributed by atoms with Crippen molar-refractivity contribution in [2.45, 2.75) is 20.8 Å². The molecule has 32 heavy (non-hydrogen) atoms. The predicted octanol–water partition coefficient (Wildman–Crippen LogP) is 6.82. The third kappa shape index (κ3) is 4.25. The first kappa shape index (κ1) is 21.7. The van der Waals surface area contributed by atoms with Gasteiger partial charge in [0.05, 0.1) is 19.1 Å². The summed E-state index contributed by atoms with van der Waals surface area (Å²) in [4.78, 5) is 16.6. The van der Waals surface area contributed by atoms with Gasteiger partial charge < -0.3 is 14.5 Å². The number of halogens is 1. The number of benzene rings is 2. The maximum atomic E-state index is 12.6. The number of hydrogen-bond acceptors (Lipinski definition) is 4. The van der Waals surface area contributed by atoms with Crippen molar-refractivity contribution in [3.8, 4) is 16.9 Å². The predicted molar refractivity (Wildman–Crippen MR) is 129 cm³/mol. The first-order chi connectivity index (χ1) is 15.4. The highest BCUT2D eigenvalue weighted by atomic mass is 35.5. The molecule has 0 bridgehead atoms. The van der Waals surface area contributed by atoms with Crippen molar-refractivity contribution in [1.29, 1.82) is 0 Å². The second-order valence-electron chi connectivity index (χ2n) is 7.67. The van der Waals surface area contributed by atoms with Gasteiger partial charge in [-0.2, -0.15) is 0 Å². The molecule has 0 fully saturated rings. The van der Waals surface area contributed by atoms with E-state index in [1.807, 2.05) is 19.1 Å². The molecule has 0 aliphatic rings. The summed E-state index contributed by atoms with van der Waals surface area (Å²) in [7, 11) is 1.60. The van der Waals surface area contributed by atoms with Crippen LogP contribution in [-0.2, 0) is 4.79 Å².